The van der Waals surface area contributed by atoms with Gasteiger partial charge in [0, 0.05) is 6.04 Å². The summed E-state index contributed by atoms with van der Waals surface area (Å²) in [7, 11) is -2.82. The van der Waals surface area contributed by atoms with Crippen LogP contribution in [0.4, 0.5) is 0 Å². The van der Waals surface area contributed by atoms with E-state index >= 15 is 0 Å². The van der Waals surface area contributed by atoms with Gasteiger partial charge in [0.1, 0.15) is 0 Å². The maximum atomic E-state index is 10.6. The Morgan fingerprint density at radius 3 is 2.65 bits per heavy atom. The fourth-order valence-electron chi connectivity index (χ4n) is 1.32. The van der Waals surface area contributed by atoms with Crippen molar-refractivity contribution in [3.8, 4) is 11.5 Å². The summed E-state index contributed by atoms with van der Waals surface area (Å²) in [5, 5.41) is 12.4. The third-order valence-corrected chi connectivity index (χ3v) is 2.64. The maximum absolute atomic E-state index is 10.6. The quantitative estimate of drug-likeness (QED) is 0.676. The Morgan fingerprint density at radius 1 is 1.47 bits per heavy atom. The highest BCUT2D eigenvalue weighted by Gasteiger charge is 2.12. The molecule has 1 atom stereocenters. The van der Waals surface area contributed by atoms with Crippen molar-refractivity contribution in [2.75, 3.05) is 7.05 Å². The van der Waals surface area contributed by atoms with Gasteiger partial charge in [0.25, 0.3) is 0 Å². The number of phenolic OH excluding ortho intramolecular Hbond substituents is 1. The van der Waals surface area contributed by atoms with E-state index in [1.54, 1.807) is 13.1 Å². The first kappa shape index (κ1) is 13.8. The van der Waals surface area contributed by atoms with Gasteiger partial charge in [0.05, 0.1) is 0 Å². The Kier molecular flexibility index (Phi) is 4.33. The lowest BCUT2D eigenvalue weighted by Crippen LogP contribution is -2.23. The zero-order chi connectivity index (χ0) is 13.1. The first-order valence-corrected chi connectivity index (χ1v) is 6.34. The topological polar surface area (TPSA) is 95.9 Å². The van der Waals surface area contributed by atoms with Crippen molar-refractivity contribution in [2.24, 2.45) is 0 Å². The van der Waals surface area contributed by atoms with E-state index in [9.17, 15) is 13.5 Å². The lowest BCUT2D eigenvalue weighted by Gasteiger charge is -2.11. The second-order valence-electron chi connectivity index (χ2n) is 3.71. The zero-order valence-corrected chi connectivity index (χ0v) is 10.4. The number of phenols is 1. The Bertz CT molecular complexity index is 485. The highest BCUT2D eigenvalue weighted by Crippen LogP contribution is 2.28. The van der Waals surface area contributed by atoms with E-state index in [-0.39, 0.29) is 17.5 Å². The van der Waals surface area contributed by atoms with E-state index in [4.69, 9.17) is 4.55 Å². The molecule has 0 saturated carbocycles. The maximum Gasteiger partial charge on any atom is 0.446 e. The number of aromatic hydroxyl groups is 1. The summed E-state index contributed by atoms with van der Waals surface area (Å²) >= 11 is 0. The number of hydrogen-bond donors (Lipinski definition) is 3. The van der Waals surface area contributed by atoms with Gasteiger partial charge in [-0.25, -0.2) is 0 Å². The molecule has 17 heavy (non-hydrogen) atoms. The molecule has 6 nitrogen and oxygen atoms in total. The summed E-state index contributed by atoms with van der Waals surface area (Å²) in [6.45, 7) is 1.95. The molecule has 0 amide bonds. The smallest absolute Gasteiger partial charge is 0.446 e. The van der Waals surface area contributed by atoms with Crippen molar-refractivity contribution in [3.05, 3.63) is 23.8 Å². The fraction of sp³-hybridized carbons (Fsp3) is 0.400. The molecule has 1 unspecified atom stereocenters. The molecule has 1 aromatic rings. The molecule has 7 heteroatoms. The molecule has 1 rings (SSSR count). The highest BCUT2D eigenvalue weighted by atomic mass is 32.3. The van der Waals surface area contributed by atoms with Crippen LogP contribution in [0.15, 0.2) is 18.2 Å². The van der Waals surface area contributed by atoms with E-state index in [2.05, 4.69) is 9.50 Å². The minimum atomic E-state index is -4.63. The number of nitrogens with one attached hydrogen (secondary N) is 1. The van der Waals surface area contributed by atoms with Crippen LogP contribution in [0.5, 0.6) is 11.5 Å². The molecule has 0 spiro atoms. The van der Waals surface area contributed by atoms with Gasteiger partial charge >= 0.3 is 10.4 Å². The third-order valence-electron chi connectivity index (χ3n) is 2.25. The largest absolute Gasteiger partial charge is 0.504 e. The van der Waals surface area contributed by atoms with Crippen LogP contribution in [0, 0.1) is 0 Å². The molecular weight excluding hydrogens is 246 g/mol. The summed E-state index contributed by atoms with van der Waals surface area (Å²) in [6, 6.07) is 4.54. The normalized spacial score (nSPS) is 13.4. The lowest BCUT2D eigenvalue weighted by atomic mass is 10.1. The monoisotopic (exact) mass is 261 g/mol. The number of hydrogen-bond acceptors (Lipinski definition) is 5. The first-order chi connectivity index (χ1) is 7.81. The molecule has 0 saturated heterocycles. The van der Waals surface area contributed by atoms with E-state index in [1.165, 1.54) is 12.1 Å². The fourth-order valence-corrected chi connectivity index (χ4v) is 1.68. The molecule has 0 aliphatic rings. The van der Waals surface area contributed by atoms with E-state index in [1.807, 2.05) is 6.92 Å². The second kappa shape index (κ2) is 5.35. The third kappa shape index (κ3) is 4.59. The van der Waals surface area contributed by atoms with Gasteiger partial charge in [-0.05, 0) is 38.1 Å². The molecule has 0 aromatic heterocycles. The molecule has 0 aliphatic carbocycles. The van der Waals surface area contributed by atoms with Crippen molar-refractivity contribution >= 4 is 10.4 Å². The summed E-state index contributed by atoms with van der Waals surface area (Å²) in [4.78, 5) is 0. The van der Waals surface area contributed by atoms with Gasteiger partial charge in [0.15, 0.2) is 11.5 Å². The Labute approximate surface area is 100 Å². The van der Waals surface area contributed by atoms with Crippen LogP contribution in [0.25, 0.3) is 0 Å². The van der Waals surface area contributed by atoms with Crippen LogP contribution < -0.4 is 9.50 Å². The number of rotatable bonds is 5. The minimum Gasteiger partial charge on any atom is -0.504 e. The zero-order valence-electron chi connectivity index (χ0n) is 9.54. The van der Waals surface area contributed by atoms with Gasteiger partial charge in [-0.2, -0.15) is 8.42 Å². The van der Waals surface area contributed by atoms with Gasteiger partial charge in [-0.3, -0.25) is 4.55 Å². The predicted octanol–water partition coefficient (Wildman–Crippen LogP) is 0.724. The molecule has 0 aliphatic heterocycles. The Morgan fingerprint density at radius 2 is 2.12 bits per heavy atom. The molecule has 96 valence electrons. The second-order valence-corrected chi connectivity index (χ2v) is 4.73. The average Bonchev–Trinajstić information content (AvgIpc) is 2.21. The van der Waals surface area contributed by atoms with Crippen molar-refractivity contribution in [1.82, 2.24) is 5.32 Å². The van der Waals surface area contributed by atoms with Crippen LogP contribution in [-0.4, -0.2) is 31.2 Å². The van der Waals surface area contributed by atoms with Crippen molar-refractivity contribution < 1.29 is 22.3 Å². The lowest BCUT2D eigenvalue weighted by molar-refractivity contribution is 0.370. The SMILES string of the molecule is CNC(C)Cc1ccc(O)c(OS(=O)(=O)O)c1. The Balaban J connectivity index is 2.94. The summed E-state index contributed by atoms with van der Waals surface area (Å²) < 4.78 is 33.9. The van der Waals surface area contributed by atoms with Crippen LogP contribution in [0.2, 0.25) is 0 Å². The molecule has 1 aromatic carbocycles. The number of benzene rings is 1. The van der Waals surface area contributed by atoms with Crippen LogP contribution in [-0.2, 0) is 16.8 Å². The molecule has 0 radical (unpaired) electrons. The molecule has 0 fully saturated rings. The van der Waals surface area contributed by atoms with Crippen molar-refractivity contribution in [2.45, 2.75) is 19.4 Å². The van der Waals surface area contributed by atoms with Crippen LogP contribution >= 0.6 is 0 Å². The number of likely N-dealkylation sites (N-methyl/N-ethyl adjacent to an activating group) is 1. The summed E-state index contributed by atoms with van der Waals surface area (Å²) in [6.07, 6.45) is 0.638. The van der Waals surface area contributed by atoms with Gasteiger partial charge in [0.2, 0.25) is 0 Å². The van der Waals surface area contributed by atoms with Crippen molar-refractivity contribution in [1.29, 1.82) is 0 Å². The van der Waals surface area contributed by atoms with Gasteiger partial charge < -0.3 is 14.6 Å². The van der Waals surface area contributed by atoms with E-state index in [0.29, 0.717) is 6.42 Å². The average molecular weight is 261 g/mol. The van der Waals surface area contributed by atoms with Gasteiger partial charge in [-0.15, -0.1) is 0 Å². The summed E-state index contributed by atoms with van der Waals surface area (Å²) in [5.41, 5.74) is 0.781. The predicted molar refractivity (Wildman–Crippen MR) is 62.5 cm³/mol. The van der Waals surface area contributed by atoms with Crippen LogP contribution in [0.3, 0.4) is 0 Å². The highest BCUT2D eigenvalue weighted by molar-refractivity contribution is 7.81. The van der Waals surface area contributed by atoms with E-state index < -0.39 is 10.4 Å². The Hall–Kier alpha value is -1.31. The van der Waals surface area contributed by atoms with Gasteiger partial charge in [-0.1, -0.05) is 6.07 Å². The van der Waals surface area contributed by atoms with E-state index in [0.717, 1.165) is 5.56 Å². The minimum absolute atomic E-state index is 0.193. The first-order valence-electron chi connectivity index (χ1n) is 4.98. The molecule has 0 bridgehead atoms. The molecular formula is C10H15NO5S. The summed E-state index contributed by atoms with van der Waals surface area (Å²) in [5.74, 6) is -0.628. The molecule has 3 N–H and O–H groups in total. The van der Waals surface area contributed by atoms with Crippen LogP contribution in [0.1, 0.15) is 12.5 Å². The standard InChI is InChI=1S/C10H15NO5S/c1-7(11-2)5-8-3-4-9(12)10(6-8)16-17(13,14)15/h3-4,6-7,11-12H,5H2,1-2H3,(H,13,14,15). The van der Waals surface area contributed by atoms with Crippen molar-refractivity contribution in [3.63, 3.8) is 0 Å². The molecule has 0 heterocycles.